The summed E-state index contributed by atoms with van der Waals surface area (Å²) in [7, 11) is 0. The number of rotatable bonds is 5. The van der Waals surface area contributed by atoms with E-state index in [2.05, 4.69) is 5.32 Å². The van der Waals surface area contributed by atoms with Crippen molar-refractivity contribution in [3.63, 3.8) is 0 Å². The van der Waals surface area contributed by atoms with Crippen LogP contribution in [-0.4, -0.2) is 28.8 Å². The summed E-state index contributed by atoms with van der Waals surface area (Å²) in [4.78, 5) is 25.5. The normalized spacial score (nSPS) is 21.3. The molecule has 2 aliphatic rings. The molecule has 0 bridgehead atoms. The molecule has 4 nitrogen and oxygen atoms in total. The van der Waals surface area contributed by atoms with Crippen molar-refractivity contribution >= 4 is 11.8 Å². The van der Waals surface area contributed by atoms with E-state index in [4.69, 9.17) is 0 Å². The average Bonchev–Trinajstić information content (AvgIpc) is 3.22. The summed E-state index contributed by atoms with van der Waals surface area (Å²) in [5.41, 5.74) is 0.529. The zero-order valence-electron chi connectivity index (χ0n) is 12.1. The summed E-state index contributed by atoms with van der Waals surface area (Å²) in [5, 5.41) is 2.91. The Bertz CT molecular complexity index is 602. The highest BCUT2D eigenvalue weighted by Crippen LogP contribution is 2.25. The second-order valence-corrected chi connectivity index (χ2v) is 6.01. The quantitative estimate of drug-likeness (QED) is 0.906. The van der Waals surface area contributed by atoms with E-state index in [0.717, 1.165) is 25.0 Å². The zero-order valence-corrected chi connectivity index (χ0v) is 12.1. The summed E-state index contributed by atoms with van der Waals surface area (Å²) in [5.74, 6) is -1.92. The van der Waals surface area contributed by atoms with Crippen molar-refractivity contribution in [2.75, 3.05) is 0 Å². The molecule has 0 aromatic heterocycles. The Morgan fingerprint density at radius 1 is 1.23 bits per heavy atom. The predicted octanol–water partition coefficient (Wildman–Crippen LogP) is 2.12. The second kappa shape index (κ2) is 6.02. The van der Waals surface area contributed by atoms with Gasteiger partial charge in [-0.05, 0) is 37.0 Å². The number of amides is 2. The molecule has 1 saturated carbocycles. The maximum atomic E-state index is 13.3. The standard InChI is InChI=1S/C16H18F2N2O2/c17-13-5-1-10(7-14(13)18)9-20-12(4-6-16(20)22)8-15(21)19-11-2-3-11/h1,5,7,11-12H,2-4,6,8-9H2,(H,19,21). The molecule has 6 heteroatoms. The third kappa shape index (κ3) is 3.43. The highest BCUT2D eigenvalue weighted by atomic mass is 19.2. The second-order valence-electron chi connectivity index (χ2n) is 6.01. The molecule has 0 radical (unpaired) electrons. The van der Waals surface area contributed by atoms with Gasteiger partial charge in [-0.3, -0.25) is 9.59 Å². The number of hydrogen-bond acceptors (Lipinski definition) is 2. The number of benzene rings is 1. The van der Waals surface area contributed by atoms with Crippen LogP contribution in [0.25, 0.3) is 0 Å². The molecular formula is C16H18F2N2O2. The Kier molecular flexibility index (Phi) is 4.09. The number of carbonyl (C=O) groups excluding carboxylic acids is 2. The van der Waals surface area contributed by atoms with E-state index < -0.39 is 11.6 Å². The van der Waals surface area contributed by atoms with Crippen molar-refractivity contribution in [1.82, 2.24) is 10.2 Å². The summed E-state index contributed by atoms with van der Waals surface area (Å²) in [6, 6.07) is 3.75. The van der Waals surface area contributed by atoms with E-state index >= 15 is 0 Å². The van der Waals surface area contributed by atoms with E-state index in [1.54, 1.807) is 4.90 Å². The SMILES string of the molecule is O=C(CC1CCC(=O)N1Cc1ccc(F)c(F)c1)NC1CC1. The van der Waals surface area contributed by atoms with Gasteiger partial charge in [0.25, 0.3) is 0 Å². The smallest absolute Gasteiger partial charge is 0.223 e. The highest BCUT2D eigenvalue weighted by molar-refractivity contribution is 5.82. The third-order valence-electron chi connectivity index (χ3n) is 4.15. The van der Waals surface area contributed by atoms with Gasteiger partial charge in [0.1, 0.15) is 0 Å². The Hall–Kier alpha value is -1.98. The van der Waals surface area contributed by atoms with Crippen LogP contribution in [-0.2, 0) is 16.1 Å². The molecule has 1 saturated heterocycles. The largest absolute Gasteiger partial charge is 0.353 e. The van der Waals surface area contributed by atoms with Gasteiger partial charge >= 0.3 is 0 Å². The number of nitrogens with zero attached hydrogens (tertiary/aromatic N) is 1. The first-order chi connectivity index (χ1) is 10.5. The first-order valence-electron chi connectivity index (χ1n) is 7.55. The summed E-state index contributed by atoms with van der Waals surface area (Å²) in [6.07, 6.45) is 3.33. The van der Waals surface area contributed by atoms with Crippen molar-refractivity contribution < 1.29 is 18.4 Å². The molecule has 1 N–H and O–H groups in total. The fourth-order valence-electron chi connectivity index (χ4n) is 2.79. The van der Waals surface area contributed by atoms with Crippen LogP contribution in [0, 0.1) is 11.6 Å². The molecule has 22 heavy (non-hydrogen) atoms. The summed E-state index contributed by atoms with van der Waals surface area (Å²) >= 11 is 0. The van der Waals surface area contributed by atoms with Gasteiger partial charge in [-0.25, -0.2) is 8.78 Å². The first-order valence-corrected chi connectivity index (χ1v) is 7.55. The number of carbonyl (C=O) groups is 2. The maximum Gasteiger partial charge on any atom is 0.223 e. The van der Waals surface area contributed by atoms with Gasteiger partial charge in [0, 0.05) is 31.5 Å². The lowest BCUT2D eigenvalue weighted by Crippen LogP contribution is -2.37. The molecule has 1 atom stereocenters. The van der Waals surface area contributed by atoms with E-state index in [0.29, 0.717) is 24.4 Å². The van der Waals surface area contributed by atoms with E-state index in [1.165, 1.54) is 6.07 Å². The predicted molar refractivity (Wildman–Crippen MR) is 75.7 cm³/mol. The van der Waals surface area contributed by atoms with Crippen LogP contribution in [0.15, 0.2) is 18.2 Å². The molecule has 1 aromatic rings. The van der Waals surface area contributed by atoms with Crippen LogP contribution >= 0.6 is 0 Å². The Labute approximate surface area is 127 Å². The van der Waals surface area contributed by atoms with E-state index in [-0.39, 0.29) is 30.8 Å². The lowest BCUT2D eigenvalue weighted by atomic mass is 10.1. The summed E-state index contributed by atoms with van der Waals surface area (Å²) < 4.78 is 26.2. The van der Waals surface area contributed by atoms with Crippen LogP contribution in [0.5, 0.6) is 0 Å². The lowest BCUT2D eigenvalue weighted by Gasteiger charge is -2.24. The van der Waals surface area contributed by atoms with Gasteiger partial charge in [-0.15, -0.1) is 0 Å². The molecular weight excluding hydrogens is 290 g/mol. The summed E-state index contributed by atoms with van der Waals surface area (Å²) in [6.45, 7) is 0.206. The van der Waals surface area contributed by atoms with Gasteiger partial charge in [0.05, 0.1) is 0 Å². The van der Waals surface area contributed by atoms with Crippen LogP contribution in [0.3, 0.4) is 0 Å². The van der Waals surface area contributed by atoms with E-state index in [1.807, 2.05) is 0 Å². The number of hydrogen-bond donors (Lipinski definition) is 1. The third-order valence-corrected chi connectivity index (χ3v) is 4.15. The Balaban J connectivity index is 1.64. The minimum atomic E-state index is -0.924. The van der Waals surface area contributed by atoms with Gasteiger partial charge in [-0.1, -0.05) is 6.07 Å². The molecule has 1 unspecified atom stereocenters. The van der Waals surface area contributed by atoms with Gasteiger partial charge in [0.15, 0.2) is 11.6 Å². The van der Waals surface area contributed by atoms with Gasteiger partial charge in [-0.2, -0.15) is 0 Å². The van der Waals surface area contributed by atoms with Crippen LogP contribution < -0.4 is 5.32 Å². The zero-order chi connectivity index (χ0) is 15.7. The van der Waals surface area contributed by atoms with Gasteiger partial charge < -0.3 is 10.2 Å². The molecule has 3 rings (SSSR count). The molecule has 1 heterocycles. The molecule has 1 aliphatic heterocycles. The minimum absolute atomic E-state index is 0.0440. The highest BCUT2D eigenvalue weighted by Gasteiger charge is 2.33. The molecule has 1 aromatic carbocycles. The Morgan fingerprint density at radius 3 is 2.68 bits per heavy atom. The van der Waals surface area contributed by atoms with Crippen molar-refractivity contribution in [3.8, 4) is 0 Å². The fraction of sp³-hybridized carbons (Fsp3) is 0.500. The van der Waals surface area contributed by atoms with Gasteiger partial charge in [0.2, 0.25) is 11.8 Å². The molecule has 2 fully saturated rings. The van der Waals surface area contributed by atoms with Crippen LogP contribution in [0.1, 0.15) is 37.7 Å². The fourth-order valence-corrected chi connectivity index (χ4v) is 2.79. The number of likely N-dealkylation sites (tertiary alicyclic amines) is 1. The Morgan fingerprint density at radius 2 is 2.00 bits per heavy atom. The number of halogens is 2. The first kappa shape index (κ1) is 14.9. The van der Waals surface area contributed by atoms with Crippen LogP contribution in [0.2, 0.25) is 0 Å². The molecule has 2 amide bonds. The van der Waals surface area contributed by atoms with Crippen LogP contribution in [0.4, 0.5) is 8.78 Å². The topological polar surface area (TPSA) is 49.4 Å². The van der Waals surface area contributed by atoms with Crippen molar-refractivity contribution in [2.45, 2.75) is 50.7 Å². The molecule has 1 aliphatic carbocycles. The minimum Gasteiger partial charge on any atom is -0.353 e. The maximum absolute atomic E-state index is 13.3. The lowest BCUT2D eigenvalue weighted by molar-refractivity contribution is -0.130. The monoisotopic (exact) mass is 308 g/mol. The van der Waals surface area contributed by atoms with Crippen molar-refractivity contribution in [1.29, 1.82) is 0 Å². The number of nitrogens with one attached hydrogen (secondary N) is 1. The average molecular weight is 308 g/mol. The molecule has 118 valence electrons. The van der Waals surface area contributed by atoms with E-state index in [9.17, 15) is 18.4 Å². The van der Waals surface area contributed by atoms with Crippen molar-refractivity contribution in [3.05, 3.63) is 35.4 Å². The van der Waals surface area contributed by atoms with Crippen molar-refractivity contribution in [2.24, 2.45) is 0 Å². The molecule has 0 spiro atoms.